The second kappa shape index (κ2) is 2.77. The van der Waals surface area contributed by atoms with Crippen molar-refractivity contribution in [2.24, 2.45) is 5.41 Å². The molecule has 1 fully saturated rings. The molecule has 0 nitrogen and oxygen atoms in total. The van der Waals surface area contributed by atoms with E-state index in [-0.39, 0.29) is 0 Å². The quantitative estimate of drug-likeness (QED) is 0.521. The molecule has 0 saturated heterocycles. The zero-order valence-corrected chi connectivity index (χ0v) is 7.24. The highest BCUT2D eigenvalue weighted by Gasteiger charge is 2.36. The Hall–Kier alpha value is -0.260. The molecule has 0 spiro atoms. The Kier molecular flexibility index (Phi) is 2.18. The summed E-state index contributed by atoms with van der Waals surface area (Å²) < 4.78 is 0. The zero-order chi connectivity index (χ0) is 7.61. The largest absolute Gasteiger partial charge is 0.0998 e. The van der Waals surface area contributed by atoms with Crippen molar-refractivity contribution in [1.82, 2.24) is 0 Å². The van der Waals surface area contributed by atoms with E-state index >= 15 is 0 Å². The Balaban J connectivity index is 2.18. The number of hydrogen-bond donors (Lipinski definition) is 0. The number of hydrogen-bond acceptors (Lipinski definition) is 0. The van der Waals surface area contributed by atoms with Gasteiger partial charge in [-0.25, -0.2) is 0 Å². The molecular formula is C10H18. The molecule has 0 radical (unpaired) electrons. The van der Waals surface area contributed by atoms with Crippen molar-refractivity contribution in [1.29, 1.82) is 0 Å². The highest BCUT2D eigenvalue weighted by molar-refractivity contribution is 5.04. The third-order valence-corrected chi connectivity index (χ3v) is 2.38. The van der Waals surface area contributed by atoms with E-state index in [0.717, 1.165) is 0 Å². The van der Waals surface area contributed by atoms with Gasteiger partial charge in [0, 0.05) is 0 Å². The maximum absolute atomic E-state index is 4.07. The molecule has 0 atom stereocenters. The molecule has 1 aliphatic carbocycles. The van der Waals surface area contributed by atoms with Crippen LogP contribution in [0.3, 0.4) is 0 Å². The predicted molar refractivity (Wildman–Crippen MR) is 46.0 cm³/mol. The lowest BCUT2D eigenvalue weighted by Crippen LogP contribution is -1.94. The Bertz CT molecular complexity index is 129. The van der Waals surface area contributed by atoms with Crippen molar-refractivity contribution in [2.75, 3.05) is 0 Å². The summed E-state index contributed by atoms with van der Waals surface area (Å²) in [6, 6.07) is 0. The molecule has 1 saturated carbocycles. The second-order valence-corrected chi connectivity index (χ2v) is 3.99. The smallest absolute Gasteiger partial charge is 0.0269 e. The minimum absolute atomic E-state index is 0.673. The molecule has 0 aromatic heterocycles. The van der Waals surface area contributed by atoms with Gasteiger partial charge in [-0.1, -0.05) is 32.4 Å². The summed E-state index contributed by atoms with van der Waals surface area (Å²) in [5.41, 5.74) is 2.13. The molecular weight excluding hydrogens is 120 g/mol. The van der Waals surface area contributed by atoms with Crippen molar-refractivity contribution >= 4 is 0 Å². The lowest BCUT2D eigenvalue weighted by atomic mass is 9.97. The van der Waals surface area contributed by atoms with Crippen LogP contribution in [0.25, 0.3) is 0 Å². The first kappa shape index (κ1) is 7.84. The standard InChI is InChI=1S/C10H18/c1-4-5-9(2)8-10(3)6-7-10/h2,4-8H2,1,3H3. The summed E-state index contributed by atoms with van der Waals surface area (Å²) in [6.07, 6.45) is 6.62. The van der Waals surface area contributed by atoms with Crippen LogP contribution >= 0.6 is 0 Å². The fourth-order valence-corrected chi connectivity index (χ4v) is 1.44. The van der Waals surface area contributed by atoms with Crippen LogP contribution in [0.5, 0.6) is 0 Å². The molecule has 1 rings (SSSR count). The Morgan fingerprint density at radius 2 is 2.10 bits per heavy atom. The Labute approximate surface area is 64.3 Å². The summed E-state index contributed by atoms with van der Waals surface area (Å²) in [4.78, 5) is 0. The average Bonchev–Trinajstić information content (AvgIpc) is 2.48. The van der Waals surface area contributed by atoms with Gasteiger partial charge in [-0.2, -0.15) is 0 Å². The van der Waals surface area contributed by atoms with Crippen LogP contribution in [-0.4, -0.2) is 0 Å². The van der Waals surface area contributed by atoms with E-state index in [2.05, 4.69) is 20.4 Å². The molecule has 0 N–H and O–H groups in total. The molecule has 0 aromatic rings. The van der Waals surface area contributed by atoms with Gasteiger partial charge in [-0.3, -0.25) is 0 Å². The fourth-order valence-electron chi connectivity index (χ4n) is 1.44. The minimum atomic E-state index is 0.673. The van der Waals surface area contributed by atoms with Gasteiger partial charge >= 0.3 is 0 Å². The molecule has 0 amide bonds. The van der Waals surface area contributed by atoms with Gasteiger partial charge in [0.25, 0.3) is 0 Å². The van der Waals surface area contributed by atoms with E-state index < -0.39 is 0 Å². The lowest BCUT2D eigenvalue weighted by Gasteiger charge is -2.09. The summed E-state index contributed by atoms with van der Waals surface area (Å²) in [6.45, 7) is 8.66. The molecule has 1 aliphatic rings. The summed E-state index contributed by atoms with van der Waals surface area (Å²) in [7, 11) is 0. The van der Waals surface area contributed by atoms with Gasteiger partial charge in [-0.05, 0) is 31.1 Å². The molecule has 0 heteroatoms. The maximum Gasteiger partial charge on any atom is -0.0269 e. The molecule has 58 valence electrons. The van der Waals surface area contributed by atoms with E-state index in [1.54, 1.807) is 0 Å². The molecule has 10 heavy (non-hydrogen) atoms. The normalized spacial score (nSPS) is 20.6. The van der Waals surface area contributed by atoms with Gasteiger partial charge in [0.2, 0.25) is 0 Å². The van der Waals surface area contributed by atoms with Crippen LogP contribution in [0.1, 0.15) is 46.0 Å². The van der Waals surface area contributed by atoms with E-state index in [1.807, 2.05) is 0 Å². The van der Waals surface area contributed by atoms with Crippen LogP contribution < -0.4 is 0 Å². The van der Waals surface area contributed by atoms with Gasteiger partial charge in [0.15, 0.2) is 0 Å². The minimum Gasteiger partial charge on any atom is -0.0998 e. The first-order valence-electron chi connectivity index (χ1n) is 4.33. The highest BCUT2D eigenvalue weighted by atomic mass is 14.4. The van der Waals surface area contributed by atoms with Gasteiger partial charge < -0.3 is 0 Å². The van der Waals surface area contributed by atoms with Crippen LogP contribution in [0.4, 0.5) is 0 Å². The van der Waals surface area contributed by atoms with Crippen molar-refractivity contribution < 1.29 is 0 Å². The average molecular weight is 138 g/mol. The van der Waals surface area contributed by atoms with Crippen LogP contribution in [0.15, 0.2) is 12.2 Å². The van der Waals surface area contributed by atoms with Crippen molar-refractivity contribution in [3.8, 4) is 0 Å². The number of allylic oxidation sites excluding steroid dienone is 1. The molecule has 0 unspecified atom stereocenters. The summed E-state index contributed by atoms with van der Waals surface area (Å²) in [5.74, 6) is 0. The number of rotatable bonds is 4. The third-order valence-electron chi connectivity index (χ3n) is 2.38. The van der Waals surface area contributed by atoms with E-state index in [9.17, 15) is 0 Å². The van der Waals surface area contributed by atoms with Crippen molar-refractivity contribution in [3.05, 3.63) is 12.2 Å². The first-order chi connectivity index (χ1) is 4.66. The molecule has 0 aromatic carbocycles. The Morgan fingerprint density at radius 1 is 1.50 bits per heavy atom. The lowest BCUT2D eigenvalue weighted by molar-refractivity contribution is 0.554. The van der Waals surface area contributed by atoms with E-state index in [0.29, 0.717) is 5.41 Å². The first-order valence-corrected chi connectivity index (χ1v) is 4.33. The van der Waals surface area contributed by atoms with Gasteiger partial charge in [0.05, 0.1) is 0 Å². The zero-order valence-electron chi connectivity index (χ0n) is 7.24. The van der Waals surface area contributed by atoms with Crippen molar-refractivity contribution in [3.63, 3.8) is 0 Å². The second-order valence-electron chi connectivity index (χ2n) is 3.99. The molecule has 0 aliphatic heterocycles. The highest BCUT2D eigenvalue weighted by Crippen LogP contribution is 2.50. The van der Waals surface area contributed by atoms with E-state index in [4.69, 9.17) is 0 Å². The van der Waals surface area contributed by atoms with Gasteiger partial charge in [0.1, 0.15) is 0 Å². The summed E-state index contributed by atoms with van der Waals surface area (Å²) in [5, 5.41) is 0. The fraction of sp³-hybridized carbons (Fsp3) is 0.800. The van der Waals surface area contributed by atoms with Crippen LogP contribution in [0, 0.1) is 5.41 Å². The molecule has 0 heterocycles. The van der Waals surface area contributed by atoms with Gasteiger partial charge in [-0.15, -0.1) is 0 Å². The Morgan fingerprint density at radius 3 is 2.50 bits per heavy atom. The van der Waals surface area contributed by atoms with E-state index in [1.165, 1.54) is 37.7 Å². The molecule has 0 bridgehead atoms. The van der Waals surface area contributed by atoms with Crippen LogP contribution in [0.2, 0.25) is 0 Å². The van der Waals surface area contributed by atoms with Crippen molar-refractivity contribution in [2.45, 2.75) is 46.0 Å². The SMILES string of the molecule is C=C(CCC)CC1(C)CC1. The third kappa shape index (κ3) is 2.17. The maximum atomic E-state index is 4.07. The summed E-state index contributed by atoms with van der Waals surface area (Å²) >= 11 is 0. The topological polar surface area (TPSA) is 0 Å². The van der Waals surface area contributed by atoms with Crippen LogP contribution in [-0.2, 0) is 0 Å². The monoisotopic (exact) mass is 138 g/mol. The predicted octanol–water partition coefficient (Wildman–Crippen LogP) is 3.53.